The Kier molecular flexibility index (Phi) is 5.36. The number of halogens is 2. The van der Waals surface area contributed by atoms with Crippen LogP contribution in [-0.4, -0.2) is 33.9 Å². The van der Waals surface area contributed by atoms with E-state index >= 15 is 0 Å². The number of aromatic nitrogens is 1. The van der Waals surface area contributed by atoms with Crippen molar-refractivity contribution in [2.24, 2.45) is 0 Å². The van der Waals surface area contributed by atoms with Gasteiger partial charge >= 0.3 is 0 Å². The maximum atomic E-state index is 14.4. The fourth-order valence-corrected chi connectivity index (χ4v) is 3.32. The second-order valence-corrected chi connectivity index (χ2v) is 7.29. The van der Waals surface area contributed by atoms with Crippen molar-refractivity contribution in [1.82, 2.24) is 9.88 Å². The molecule has 0 spiro atoms. The van der Waals surface area contributed by atoms with Crippen LogP contribution in [-0.2, 0) is 6.54 Å². The van der Waals surface area contributed by atoms with Crippen molar-refractivity contribution in [3.8, 4) is 17.3 Å². The fraction of sp³-hybridized carbons (Fsp3) is 0.368. The van der Waals surface area contributed by atoms with Gasteiger partial charge in [0, 0.05) is 30.8 Å². The van der Waals surface area contributed by atoms with E-state index in [2.05, 4.69) is 17.6 Å². The van der Waals surface area contributed by atoms with Crippen LogP contribution in [0, 0.1) is 17.3 Å². The molecule has 25 heavy (non-hydrogen) atoms. The van der Waals surface area contributed by atoms with Crippen LogP contribution in [0.15, 0.2) is 42.5 Å². The highest BCUT2D eigenvalue weighted by molar-refractivity contribution is 7.81. The Bertz CT molecular complexity index is 778. The molecule has 1 aromatic heterocycles. The maximum absolute atomic E-state index is 14.4. The molecule has 2 aromatic rings. The van der Waals surface area contributed by atoms with Gasteiger partial charge in [0.25, 0.3) is 0 Å². The lowest BCUT2D eigenvalue weighted by molar-refractivity contribution is 0.0996. The topological polar surface area (TPSA) is 39.9 Å². The Hall–Kier alpha value is -1.97. The number of hydrogen-bond donors (Lipinski definition) is 1. The highest BCUT2D eigenvalue weighted by Gasteiger charge is 2.40. The second-order valence-electron chi connectivity index (χ2n) is 6.40. The van der Waals surface area contributed by atoms with E-state index in [0.717, 1.165) is 5.56 Å². The molecular weight excluding hydrogens is 340 g/mol. The van der Waals surface area contributed by atoms with E-state index in [1.54, 1.807) is 12.1 Å². The van der Waals surface area contributed by atoms with Crippen molar-refractivity contribution in [2.45, 2.75) is 30.3 Å². The Balaban J connectivity index is 1.69. The number of nitriles is 1. The summed E-state index contributed by atoms with van der Waals surface area (Å²) in [7, 11) is 0. The van der Waals surface area contributed by atoms with Crippen molar-refractivity contribution in [2.75, 3.05) is 13.1 Å². The first-order valence-electron chi connectivity index (χ1n) is 8.18. The fourth-order valence-electron chi connectivity index (χ4n) is 3.07. The van der Waals surface area contributed by atoms with E-state index in [9.17, 15) is 8.78 Å². The summed E-state index contributed by atoms with van der Waals surface area (Å²) in [4.78, 5) is 5.89. The van der Waals surface area contributed by atoms with Gasteiger partial charge in [-0.25, -0.2) is 9.37 Å². The number of pyridine rings is 1. The second kappa shape index (κ2) is 7.51. The summed E-state index contributed by atoms with van der Waals surface area (Å²) in [6.45, 7) is 1.02. The van der Waals surface area contributed by atoms with Gasteiger partial charge in [-0.15, -0.1) is 0 Å². The first kappa shape index (κ1) is 17.8. The van der Waals surface area contributed by atoms with Crippen molar-refractivity contribution in [1.29, 1.82) is 5.26 Å². The molecule has 1 aliphatic rings. The number of hydrogen-bond acceptors (Lipinski definition) is 4. The molecule has 6 heteroatoms. The van der Waals surface area contributed by atoms with Crippen molar-refractivity contribution >= 4 is 12.6 Å². The molecule has 1 fully saturated rings. The smallest absolute Gasteiger partial charge is 0.217 e. The van der Waals surface area contributed by atoms with Gasteiger partial charge < -0.3 is 0 Å². The standard InChI is InChI=1S/C19H19F2N3S/c20-17-13-24(11-9-19(17,25)8-10-22)12-15-6-7-16(23-18(15)21)14-4-2-1-3-5-14/h1-7,17,25H,8-9,11-13H2. The highest BCUT2D eigenvalue weighted by atomic mass is 32.1. The van der Waals surface area contributed by atoms with E-state index in [-0.39, 0.29) is 13.0 Å². The van der Waals surface area contributed by atoms with Gasteiger partial charge in [-0.05, 0) is 12.5 Å². The van der Waals surface area contributed by atoms with Crippen LogP contribution in [0.4, 0.5) is 8.78 Å². The summed E-state index contributed by atoms with van der Waals surface area (Å²) in [5.41, 5.74) is 1.87. The SMILES string of the molecule is N#CCC1(S)CCN(Cc2ccc(-c3ccccc3)nc2F)CC1F. The molecule has 0 amide bonds. The molecular formula is C19H19F2N3S. The van der Waals surface area contributed by atoms with Gasteiger partial charge in [-0.1, -0.05) is 36.4 Å². The highest BCUT2D eigenvalue weighted by Crippen LogP contribution is 2.35. The minimum atomic E-state index is -1.22. The molecule has 1 aromatic carbocycles. The van der Waals surface area contributed by atoms with Crippen LogP contribution in [0.2, 0.25) is 0 Å². The molecule has 1 saturated heterocycles. The molecule has 2 heterocycles. The molecule has 1 aliphatic heterocycles. The third-order valence-electron chi connectivity index (χ3n) is 4.64. The van der Waals surface area contributed by atoms with E-state index in [4.69, 9.17) is 5.26 Å². The Morgan fingerprint density at radius 1 is 1.28 bits per heavy atom. The van der Waals surface area contributed by atoms with E-state index in [0.29, 0.717) is 30.8 Å². The van der Waals surface area contributed by atoms with Gasteiger partial charge in [0.2, 0.25) is 5.95 Å². The van der Waals surface area contributed by atoms with Gasteiger partial charge in [0.05, 0.1) is 22.9 Å². The van der Waals surface area contributed by atoms with Gasteiger partial charge in [-0.3, -0.25) is 4.90 Å². The average Bonchev–Trinajstić information content (AvgIpc) is 2.61. The molecule has 3 rings (SSSR count). The largest absolute Gasteiger partial charge is 0.296 e. The number of rotatable bonds is 4. The number of nitrogens with zero attached hydrogens (tertiary/aromatic N) is 3. The molecule has 0 radical (unpaired) electrons. The Morgan fingerprint density at radius 2 is 2.04 bits per heavy atom. The lowest BCUT2D eigenvalue weighted by Gasteiger charge is -2.40. The van der Waals surface area contributed by atoms with E-state index < -0.39 is 16.9 Å². The predicted molar refractivity (Wildman–Crippen MR) is 96.4 cm³/mol. The lowest BCUT2D eigenvalue weighted by atomic mass is 9.91. The molecule has 2 unspecified atom stereocenters. The first-order valence-corrected chi connectivity index (χ1v) is 8.63. The van der Waals surface area contributed by atoms with Crippen LogP contribution < -0.4 is 0 Å². The Morgan fingerprint density at radius 3 is 2.68 bits per heavy atom. The lowest BCUT2D eigenvalue weighted by Crippen LogP contribution is -2.50. The third-order valence-corrected chi connectivity index (χ3v) is 5.30. The van der Waals surface area contributed by atoms with E-state index in [1.807, 2.05) is 41.3 Å². The van der Waals surface area contributed by atoms with Crippen LogP contribution in [0.1, 0.15) is 18.4 Å². The van der Waals surface area contributed by atoms with Gasteiger partial charge in [-0.2, -0.15) is 22.3 Å². The first-order chi connectivity index (χ1) is 12.0. The third kappa shape index (κ3) is 4.00. The number of likely N-dealkylation sites (tertiary alicyclic amines) is 1. The summed E-state index contributed by atoms with van der Waals surface area (Å²) in [6.07, 6.45) is -0.682. The summed E-state index contributed by atoms with van der Waals surface area (Å²) < 4.78 is 27.8. The molecule has 0 bridgehead atoms. The average molecular weight is 359 g/mol. The normalized spacial score (nSPS) is 24.0. The minimum Gasteiger partial charge on any atom is -0.296 e. The zero-order chi connectivity index (χ0) is 17.9. The zero-order valence-corrected chi connectivity index (χ0v) is 14.6. The summed E-state index contributed by atoms with van der Waals surface area (Å²) in [5.74, 6) is -0.531. The molecule has 0 N–H and O–H groups in total. The van der Waals surface area contributed by atoms with Crippen LogP contribution >= 0.6 is 12.6 Å². The summed E-state index contributed by atoms with van der Waals surface area (Å²) >= 11 is 4.36. The van der Waals surface area contributed by atoms with E-state index in [1.165, 1.54) is 0 Å². The summed E-state index contributed by atoms with van der Waals surface area (Å²) in [6, 6.07) is 14.9. The predicted octanol–water partition coefficient (Wildman–Crippen LogP) is 4.01. The number of alkyl halides is 1. The number of benzene rings is 1. The van der Waals surface area contributed by atoms with Crippen LogP contribution in [0.5, 0.6) is 0 Å². The van der Waals surface area contributed by atoms with Crippen molar-refractivity contribution in [3.63, 3.8) is 0 Å². The van der Waals surface area contributed by atoms with Crippen LogP contribution in [0.3, 0.4) is 0 Å². The number of piperidine rings is 1. The summed E-state index contributed by atoms with van der Waals surface area (Å²) in [5, 5.41) is 8.82. The quantitative estimate of drug-likeness (QED) is 0.662. The minimum absolute atomic E-state index is 0.0762. The molecule has 3 nitrogen and oxygen atoms in total. The van der Waals surface area contributed by atoms with Gasteiger partial charge in [0.1, 0.15) is 6.17 Å². The number of thiol groups is 1. The van der Waals surface area contributed by atoms with Crippen molar-refractivity contribution in [3.05, 3.63) is 54.0 Å². The molecule has 130 valence electrons. The maximum Gasteiger partial charge on any atom is 0.217 e. The Labute approximate surface area is 151 Å². The zero-order valence-electron chi connectivity index (χ0n) is 13.7. The monoisotopic (exact) mass is 359 g/mol. The molecule has 0 saturated carbocycles. The van der Waals surface area contributed by atoms with Crippen LogP contribution in [0.25, 0.3) is 11.3 Å². The van der Waals surface area contributed by atoms with Gasteiger partial charge in [0.15, 0.2) is 0 Å². The molecule has 0 aliphatic carbocycles. The van der Waals surface area contributed by atoms with Crippen molar-refractivity contribution < 1.29 is 8.78 Å². The molecule has 2 atom stereocenters.